The molecule has 2 aromatic carbocycles. The standard InChI is InChI=1S/C25H18N4O4/c1-32-24(30)21-22(28-29(23(21)25(31)33-2)20-6-4-3-5-7-20)19-12-10-17(11-13-19)8-9-18-14-26-16-27-15-18/h3-7,10-16H,1-2H3. The monoisotopic (exact) mass is 438 g/mol. The Hall–Kier alpha value is -4.77. The van der Waals surface area contributed by atoms with Gasteiger partial charge in [-0.3, -0.25) is 0 Å². The third-order valence-corrected chi connectivity index (χ3v) is 4.72. The van der Waals surface area contributed by atoms with E-state index in [-0.39, 0.29) is 11.3 Å². The molecule has 4 aromatic rings. The maximum Gasteiger partial charge on any atom is 0.357 e. The summed E-state index contributed by atoms with van der Waals surface area (Å²) in [6.07, 6.45) is 4.69. The van der Waals surface area contributed by atoms with Gasteiger partial charge in [-0.05, 0) is 24.3 Å². The predicted molar refractivity (Wildman–Crippen MR) is 120 cm³/mol. The Balaban J connectivity index is 1.82. The second kappa shape index (κ2) is 9.58. The number of aromatic nitrogens is 4. The quantitative estimate of drug-likeness (QED) is 0.356. The van der Waals surface area contributed by atoms with E-state index in [2.05, 4.69) is 26.9 Å². The van der Waals surface area contributed by atoms with Crippen LogP contribution in [0.4, 0.5) is 0 Å². The molecule has 33 heavy (non-hydrogen) atoms. The third kappa shape index (κ3) is 4.48. The number of carbonyl (C=O) groups is 2. The van der Waals surface area contributed by atoms with Crippen molar-refractivity contribution in [2.75, 3.05) is 14.2 Å². The van der Waals surface area contributed by atoms with Gasteiger partial charge >= 0.3 is 11.9 Å². The van der Waals surface area contributed by atoms with Crippen LogP contribution in [0, 0.1) is 11.8 Å². The van der Waals surface area contributed by atoms with Crippen molar-refractivity contribution in [2.24, 2.45) is 0 Å². The number of rotatable bonds is 4. The minimum atomic E-state index is -0.703. The highest BCUT2D eigenvalue weighted by molar-refractivity contribution is 6.06. The van der Waals surface area contributed by atoms with Gasteiger partial charge in [0, 0.05) is 23.5 Å². The van der Waals surface area contributed by atoms with Crippen LogP contribution in [0.2, 0.25) is 0 Å². The Morgan fingerprint density at radius 2 is 1.45 bits per heavy atom. The Bertz CT molecular complexity index is 1350. The summed E-state index contributed by atoms with van der Waals surface area (Å²) < 4.78 is 11.3. The molecule has 0 bridgehead atoms. The molecule has 0 amide bonds. The van der Waals surface area contributed by atoms with Gasteiger partial charge in [-0.25, -0.2) is 24.2 Å². The summed E-state index contributed by atoms with van der Waals surface area (Å²) in [5.74, 6) is 4.63. The molecule has 2 heterocycles. The molecule has 8 nitrogen and oxygen atoms in total. The van der Waals surface area contributed by atoms with Gasteiger partial charge in [-0.1, -0.05) is 42.2 Å². The number of hydrogen-bond donors (Lipinski definition) is 0. The van der Waals surface area contributed by atoms with Gasteiger partial charge in [-0.15, -0.1) is 0 Å². The molecule has 8 heteroatoms. The van der Waals surface area contributed by atoms with E-state index in [0.29, 0.717) is 22.5 Å². The Kier molecular flexibility index (Phi) is 6.23. The average molecular weight is 438 g/mol. The number of carbonyl (C=O) groups excluding carboxylic acids is 2. The van der Waals surface area contributed by atoms with Crippen molar-refractivity contribution in [3.8, 4) is 28.8 Å². The van der Waals surface area contributed by atoms with Gasteiger partial charge in [0.15, 0.2) is 5.69 Å². The summed E-state index contributed by atoms with van der Waals surface area (Å²) in [5, 5.41) is 4.57. The lowest BCUT2D eigenvalue weighted by Gasteiger charge is -2.07. The van der Waals surface area contributed by atoms with Crippen molar-refractivity contribution in [1.82, 2.24) is 19.7 Å². The summed E-state index contributed by atoms with van der Waals surface area (Å²) in [4.78, 5) is 33.2. The van der Waals surface area contributed by atoms with Crippen molar-refractivity contribution in [2.45, 2.75) is 0 Å². The maximum atomic E-state index is 12.7. The van der Waals surface area contributed by atoms with E-state index >= 15 is 0 Å². The number of benzene rings is 2. The fourth-order valence-electron chi connectivity index (χ4n) is 3.18. The fourth-order valence-corrected chi connectivity index (χ4v) is 3.18. The molecule has 2 aromatic heterocycles. The van der Waals surface area contributed by atoms with E-state index in [1.165, 1.54) is 25.2 Å². The number of esters is 2. The van der Waals surface area contributed by atoms with Crippen LogP contribution in [0.5, 0.6) is 0 Å². The topological polar surface area (TPSA) is 96.2 Å². The van der Waals surface area contributed by atoms with Crippen LogP contribution in [0.15, 0.2) is 73.3 Å². The van der Waals surface area contributed by atoms with Crippen LogP contribution < -0.4 is 0 Å². The minimum Gasteiger partial charge on any atom is -0.465 e. The first-order chi connectivity index (χ1) is 16.1. The zero-order valence-electron chi connectivity index (χ0n) is 17.9. The molecule has 0 radical (unpaired) electrons. The second-order valence-electron chi connectivity index (χ2n) is 6.76. The molecule has 0 unspecified atom stereocenters. The fraction of sp³-hybridized carbons (Fsp3) is 0.0800. The number of ether oxygens (including phenoxy) is 2. The summed E-state index contributed by atoms with van der Waals surface area (Å²) in [6, 6.07) is 16.1. The molecule has 0 spiro atoms. The van der Waals surface area contributed by atoms with Gasteiger partial charge < -0.3 is 9.47 Å². The molecule has 4 rings (SSSR count). The summed E-state index contributed by atoms with van der Waals surface area (Å²) in [5.41, 5.74) is 2.96. The lowest BCUT2D eigenvalue weighted by atomic mass is 10.0. The molecule has 0 fully saturated rings. The lowest BCUT2D eigenvalue weighted by Crippen LogP contribution is -2.15. The molecule has 0 aliphatic carbocycles. The van der Waals surface area contributed by atoms with Crippen molar-refractivity contribution in [3.05, 3.63) is 95.7 Å². The van der Waals surface area contributed by atoms with Crippen LogP contribution in [0.1, 0.15) is 32.0 Å². The molecule has 162 valence electrons. The maximum absolute atomic E-state index is 12.7. The lowest BCUT2D eigenvalue weighted by molar-refractivity contribution is 0.0549. The number of methoxy groups -OCH3 is 2. The summed E-state index contributed by atoms with van der Waals surface area (Å²) in [6.45, 7) is 0. The second-order valence-corrected chi connectivity index (χ2v) is 6.76. The first-order valence-corrected chi connectivity index (χ1v) is 9.85. The van der Waals surface area contributed by atoms with E-state index in [0.717, 1.165) is 5.56 Å². The molecular formula is C25H18N4O4. The van der Waals surface area contributed by atoms with Crippen LogP contribution in [-0.4, -0.2) is 45.9 Å². The van der Waals surface area contributed by atoms with Gasteiger partial charge in [-0.2, -0.15) is 5.10 Å². The molecule has 0 aliphatic heterocycles. The molecule has 0 N–H and O–H groups in total. The SMILES string of the molecule is COC(=O)c1c(-c2ccc(C#Cc3cncnc3)cc2)nn(-c2ccccc2)c1C(=O)OC. The van der Waals surface area contributed by atoms with Crippen LogP contribution in [-0.2, 0) is 9.47 Å². The highest BCUT2D eigenvalue weighted by atomic mass is 16.5. The van der Waals surface area contributed by atoms with Crippen molar-refractivity contribution in [1.29, 1.82) is 0 Å². The predicted octanol–water partition coefficient (Wildman–Crippen LogP) is 3.30. The summed E-state index contributed by atoms with van der Waals surface area (Å²) >= 11 is 0. The Morgan fingerprint density at radius 3 is 2.09 bits per heavy atom. The molecule has 0 atom stereocenters. The van der Waals surface area contributed by atoms with Gasteiger partial charge in [0.25, 0.3) is 0 Å². The first kappa shape index (κ1) is 21.5. The Morgan fingerprint density at radius 1 is 0.818 bits per heavy atom. The van der Waals surface area contributed by atoms with Crippen molar-refractivity contribution >= 4 is 11.9 Å². The zero-order chi connectivity index (χ0) is 23.2. The van der Waals surface area contributed by atoms with Crippen LogP contribution in [0.25, 0.3) is 16.9 Å². The van der Waals surface area contributed by atoms with E-state index in [1.54, 1.807) is 60.9 Å². The van der Waals surface area contributed by atoms with Crippen LogP contribution in [0.3, 0.4) is 0 Å². The zero-order valence-corrected chi connectivity index (χ0v) is 17.9. The van der Waals surface area contributed by atoms with Crippen molar-refractivity contribution in [3.63, 3.8) is 0 Å². The smallest absolute Gasteiger partial charge is 0.357 e. The highest BCUT2D eigenvalue weighted by Crippen LogP contribution is 2.29. The minimum absolute atomic E-state index is 0.0153. The average Bonchev–Trinajstić information content (AvgIpc) is 3.28. The third-order valence-electron chi connectivity index (χ3n) is 4.72. The van der Waals surface area contributed by atoms with Gasteiger partial charge in [0.1, 0.15) is 17.6 Å². The van der Waals surface area contributed by atoms with E-state index < -0.39 is 11.9 Å². The normalized spacial score (nSPS) is 10.1. The molecule has 0 aliphatic rings. The highest BCUT2D eigenvalue weighted by Gasteiger charge is 2.31. The summed E-state index contributed by atoms with van der Waals surface area (Å²) in [7, 11) is 2.50. The number of nitrogens with zero attached hydrogens (tertiary/aromatic N) is 4. The molecule has 0 saturated heterocycles. The molecule has 0 saturated carbocycles. The van der Waals surface area contributed by atoms with E-state index in [1.807, 2.05) is 6.07 Å². The van der Waals surface area contributed by atoms with Crippen molar-refractivity contribution < 1.29 is 19.1 Å². The van der Waals surface area contributed by atoms with E-state index in [9.17, 15) is 9.59 Å². The van der Waals surface area contributed by atoms with Gasteiger partial charge in [0.2, 0.25) is 0 Å². The Labute approximate surface area is 189 Å². The largest absolute Gasteiger partial charge is 0.465 e. The van der Waals surface area contributed by atoms with Crippen LogP contribution >= 0.6 is 0 Å². The first-order valence-electron chi connectivity index (χ1n) is 9.85. The van der Waals surface area contributed by atoms with Gasteiger partial charge in [0.05, 0.1) is 25.5 Å². The number of para-hydroxylation sites is 1. The van der Waals surface area contributed by atoms with E-state index in [4.69, 9.17) is 9.47 Å². The molecular weight excluding hydrogens is 420 g/mol. The number of hydrogen-bond acceptors (Lipinski definition) is 7.